The number of nitrogens with zero attached hydrogens (tertiary/aromatic N) is 3. The Balaban J connectivity index is 1.79. The van der Waals surface area contributed by atoms with Gasteiger partial charge in [0, 0.05) is 44.2 Å². The van der Waals surface area contributed by atoms with E-state index in [1.165, 1.54) is 6.92 Å². The first-order valence-electron chi connectivity index (χ1n) is 8.51. The van der Waals surface area contributed by atoms with Crippen LogP contribution >= 0.6 is 0 Å². The molecule has 0 aliphatic heterocycles. The molecule has 0 fully saturated rings. The highest BCUT2D eigenvalue weighted by molar-refractivity contribution is 6.02. The lowest BCUT2D eigenvalue weighted by atomic mass is 10.1. The fourth-order valence-electron chi connectivity index (χ4n) is 2.92. The van der Waals surface area contributed by atoms with Crippen molar-refractivity contribution in [2.24, 2.45) is 0 Å². The molecule has 0 saturated heterocycles. The van der Waals surface area contributed by atoms with Gasteiger partial charge in [-0.3, -0.25) is 14.6 Å². The lowest BCUT2D eigenvalue weighted by Gasteiger charge is -2.24. The van der Waals surface area contributed by atoms with Crippen molar-refractivity contribution in [3.05, 3.63) is 66.9 Å². The van der Waals surface area contributed by atoms with Crippen LogP contribution in [0.1, 0.15) is 13.3 Å². The molecule has 3 rings (SSSR count). The minimum atomic E-state index is -0.113. The summed E-state index contributed by atoms with van der Waals surface area (Å²) >= 11 is 0. The fraction of sp³-hybridized carbons (Fsp3) is 0.190. The monoisotopic (exact) mass is 347 g/mol. The Bertz CT molecular complexity index is 919. The molecule has 26 heavy (non-hydrogen) atoms. The van der Waals surface area contributed by atoms with Gasteiger partial charge < -0.3 is 9.80 Å². The molecule has 0 aliphatic rings. The molecule has 0 spiro atoms. The maximum Gasteiger partial charge on any atom is 0.228 e. The predicted octanol–water partition coefficient (Wildman–Crippen LogP) is 3.64. The van der Waals surface area contributed by atoms with E-state index in [0.717, 1.165) is 22.3 Å². The summed E-state index contributed by atoms with van der Waals surface area (Å²) in [6.45, 7) is 1.81. The van der Waals surface area contributed by atoms with Gasteiger partial charge in [0.15, 0.2) is 0 Å². The molecule has 0 atom stereocenters. The van der Waals surface area contributed by atoms with Crippen molar-refractivity contribution in [2.75, 3.05) is 23.4 Å². The van der Waals surface area contributed by atoms with Gasteiger partial charge in [-0.05, 0) is 24.3 Å². The SMILES string of the molecule is CC(=O)N(CCC(=O)N(C)c1ccccc1)c1cccc2cccnc12. The summed E-state index contributed by atoms with van der Waals surface area (Å²) in [6, 6.07) is 19.0. The molecule has 3 aromatic rings. The van der Waals surface area contributed by atoms with Crippen LogP contribution in [-0.4, -0.2) is 30.4 Å². The summed E-state index contributed by atoms with van der Waals surface area (Å²) in [4.78, 5) is 32.4. The quantitative estimate of drug-likeness (QED) is 0.708. The molecule has 0 radical (unpaired) electrons. The smallest absolute Gasteiger partial charge is 0.228 e. The molecule has 1 heterocycles. The van der Waals surface area contributed by atoms with Gasteiger partial charge in [-0.1, -0.05) is 36.4 Å². The standard InChI is InChI=1S/C21H21N3O2/c1-16(25)24(19-12-6-8-17-9-7-14-22-21(17)19)15-13-20(26)23(2)18-10-4-3-5-11-18/h3-12,14H,13,15H2,1-2H3. The molecule has 0 N–H and O–H groups in total. The Morgan fingerprint density at radius 1 is 0.962 bits per heavy atom. The van der Waals surface area contributed by atoms with E-state index in [1.807, 2.05) is 60.7 Å². The average Bonchev–Trinajstić information content (AvgIpc) is 2.68. The van der Waals surface area contributed by atoms with Crippen molar-refractivity contribution < 1.29 is 9.59 Å². The lowest BCUT2D eigenvalue weighted by Crippen LogP contribution is -2.35. The van der Waals surface area contributed by atoms with E-state index >= 15 is 0 Å². The Morgan fingerprint density at radius 2 is 1.69 bits per heavy atom. The summed E-state index contributed by atoms with van der Waals surface area (Å²) in [5, 5.41) is 0.962. The number of hydrogen-bond donors (Lipinski definition) is 0. The minimum absolute atomic E-state index is 0.0457. The maximum absolute atomic E-state index is 12.5. The molecule has 132 valence electrons. The summed E-state index contributed by atoms with van der Waals surface area (Å²) < 4.78 is 0. The number of amides is 2. The number of carbonyl (C=O) groups is 2. The zero-order chi connectivity index (χ0) is 18.5. The summed E-state index contributed by atoms with van der Waals surface area (Å²) in [7, 11) is 1.75. The topological polar surface area (TPSA) is 53.5 Å². The number of anilines is 2. The van der Waals surface area contributed by atoms with Crippen molar-refractivity contribution in [1.29, 1.82) is 0 Å². The molecule has 0 bridgehead atoms. The Hall–Kier alpha value is -3.21. The van der Waals surface area contributed by atoms with Crippen LogP contribution in [0.25, 0.3) is 10.9 Å². The number of rotatable bonds is 5. The second-order valence-corrected chi connectivity index (χ2v) is 6.06. The molecule has 0 saturated carbocycles. The molecular formula is C21H21N3O2. The van der Waals surface area contributed by atoms with Gasteiger partial charge in [-0.15, -0.1) is 0 Å². The van der Waals surface area contributed by atoms with Gasteiger partial charge in [-0.2, -0.15) is 0 Å². The number of hydrogen-bond acceptors (Lipinski definition) is 3. The van der Waals surface area contributed by atoms with Crippen LogP contribution in [0.2, 0.25) is 0 Å². The number of aromatic nitrogens is 1. The Labute approximate surface area is 152 Å². The van der Waals surface area contributed by atoms with Gasteiger partial charge in [0.2, 0.25) is 11.8 Å². The zero-order valence-corrected chi connectivity index (χ0v) is 14.9. The van der Waals surface area contributed by atoms with E-state index in [4.69, 9.17) is 0 Å². The molecule has 5 heteroatoms. The van der Waals surface area contributed by atoms with Crippen molar-refractivity contribution in [1.82, 2.24) is 4.98 Å². The zero-order valence-electron chi connectivity index (χ0n) is 14.9. The third-order valence-electron chi connectivity index (χ3n) is 4.35. The van der Waals surface area contributed by atoms with Crippen LogP contribution in [0, 0.1) is 0 Å². The normalized spacial score (nSPS) is 10.5. The summed E-state index contributed by atoms with van der Waals surface area (Å²) in [6.07, 6.45) is 1.94. The minimum Gasteiger partial charge on any atom is -0.315 e. The van der Waals surface area contributed by atoms with E-state index in [9.17, 15) is 9.59 Å². The predicted molar refractivity (Wildman–Crippen MR) is 104 cm³/mol. The fourth-order valence-corrected chi connectivity index (χ4v) is 2.92. The number of pyridine rings is 1. The Morgan fingerprint density at radius 3 is 2.42 bits per heavy atom. The lowest BCUT2D eigenvalue weighted by molar-refractivity contribution is -0.118. The van der Waals surface area contributed by atoms with Crippen LogP contribution in [0.5, 0.6) is 0 Å². The molecule has 1 aromatic heterocycles. The molecule has 5 nitrogen and oxygen atoms in total. The molecule has 0 aliphatic carbocycles. The average molecular weight is 347 g/mol. The van der Waals surface area contributed by atoms with E-state index in [0.29, 0.717) is 6.54 Å². The first-order chi connectivity index (χ1) is 12.6. The van der Waals surface area contributed by atoms with E-state index in [-0.39, 0.29) is 18.2 Å². The Kier molecular flexibility index (Phi) is 5.27. The highest BCUT2D eigenvalue weighted by Gasteiger charge is 2.18. The molecule has 2 amide bonds. The highest BCUT2D eigenvalue weighted by atomic mass is 16.2. The summed E-state index contributed by atoms with van der Waals surface area (Å²) in [5.74, 6) is -0.158. The van der Waals surface area contributed by atoms with E-state index < -0.39 is 0 Å². The van der Waals surface area contributed by atoms with E-state index in [2.05, 4.69) is 4.98 Å². The van der Waals surface area contributed by atoms with Crippen molar-refractivity contribution in [3.8, 4) is 0 Å². The molecule has 2 aromatic carbocycles. The van der Waals surface area contributed by atoms with Gasteiger partial charge >= 0.3 is 0 Å². The largest absolute Gasteiger partial charge is 0.315 e. The third kappa shape index (κ3) is 3.72. The highest BCUT2D eigenvalue weighted by Crippen LogP contribution is 2.25. The summed E-state index contributed by atoms with van der Waals surface area (Å²) in [5.41, 5.74) is 2.32. The number of benzene rings is 2. The molecular weight excluding hydrogens is 326 g/mol. The van der Waals surface area contributed by atoms with Crippen LogP contribution in [0.15, 0.2) is 66.9 Å². The van der Waals surface area contributed by atoms with Crippen molar-refractivity contribution >= 4 is 34.1 Å². The number of para-hydroxylation sites is 2. The van der Waals surface area contributed by atoms with Gasteiger partial charge in [0.25, 0.3) is 0 Å². The number of carbonyl (C=O) groups excluding carboxylic acids is 2. The van der Waals surface area contributed by atoms with Gasteiger partial charge in [0.05, 0.1) is 11.2 Å². The second kappa shape index (κ2) is 7.78. The van der Waals surface area contributed by atoms with Gasteiger partial charge in [-0.25, -0.2) is 0 Å². The van der Waals surface area contributed by atoms with E-state index in [1.54, 1.807) is 23.0 Å². The van der Waals surface area contributed by atoms with Crippen molar-refractivity contribution in [2.45, 2.75) is 13.3 Å². The third-order valence-corrected chi connectivity index (χ3v) is 4.35. The first kappa shape index (κ1) is 17.6. The van der Waals surface area contributed by atoms with Crippen LogP contribution in [-0.2, 0) is 9.59 Å². The van der Waals surface area contributed by atoms with Crippen LogP contribution in [0.3, 0.4) is 0 Å². The maximum atomic E-state index is 12.5. The number of fused-ring (bicyclic) bond motifs is 1. The van der Waals surface area contributed by atoms with Gasteiger partial charge in [0.1, 0.15) is 0 Å². The van der Waals surface area contributed by atoms with Crippen molar-refractivity contribution in [3.63, 3.8) is 0 Å². The second-order valence-electron chi connectivity index (χ2n) is 6.06. The molecule has 0 unspecified atom stereocenters. The van der Waals surface area contributed by atoms with Crippen LogP contribution < -0.4 is 9.80 Å². The van der Waals surface area contributed by atoms with Crippen LogP contribution in [0.4, 0.5) is 11.4 Å². The first-order valence-corrected chi connectivity index (χ1v) is 8.51.